The van der Waals surface area contributed by atoms with Gasteiger partial charge >= 0.3 is 6.36 Å². The Kier molecular flexibility index (Phi) is 6.09. The first-order chi connectivity index (χ1) is 15.8. The van der Waals surface area contributed by atoms with Gasteiger partial charge in [0.25, 0.3) is 5.91 Å². The average molecular weight is 502 g/mol. The Bertz CT molecular complexity index is 1150. The second-order valence-corrected chi connectivity index (χ2v) is 9.08. The molecule has 182 valence electrons. The molecule has 4 rings (SSSR count). The fourth-order valence-electron chi connectivity index (χ4n) is 3.54. The zero-order valence-corrected chi connectivity index (χ0v) is 18.9. The van der Waals surface area contributed by atoms with Crippen molar-refractivity contribution in [1.29, 1.82) is 0 Å². The summed E-state index contributed by atoms with van der Waals surface area (Å²) in [7, 11) is 0. The Morgan fingerprint density at radius 1 is 1.35 bits per heavy atom. The van der Waals surface area contributed by atoms with Gasteiger partial charge in [-0.3, -0.25) is 14.5 Å². The van der Waals surface area contributed by atoms with Crippen molar-refractivity contribution in [2.45, 2.75) is 52.1 Å². The number of halogens is 5. The van der Waals surface area contributed by atoms with Gasteiger partial charge in [0.2, 0.25) is 11.8 Å². The van der Waals surface area contributed by atoms with Gasteiger partial charge in [0.05, 0.1) is 11.6 Å². The summed E-state index contributed by atoms with van der Waals surface area (Å²) >= 11 is 6.30. The minimum Gasteiger partial charge on any atom is -0.463 e. The maximum Gasteiger partial charge on any atom is 0.573 e. The molecule has 1 atom stereocenters. The van der Waals surface area contributed by atoms with Gasteiger partial charge in [0.15, 0.2) is 23.5 Å². The molecular weight excluding hydrogens is 482 g/mol. The third kappa shape index (κ3) is 5.35. The van der Waals surface area contributed by atoms with E-state index >= 15 is 0 Å². The van der Waals surface area contributed by atoms with Crippen LogP contribution in [0, 0.1) is 11.2 Å². The summed E-state index contributed by atoms with van der Waals surface area (Å²) in [6.07, 6.45) is -3.74. The number of amides is 2. The zero-order valence-electron chi connectivity index (χ0n) is 18.1. The normalized spacial score (nSPS) is 18.7. The molecule has 1 aromatic carbocycles. The van der Waals surface area contributed by atoms with Gasteiger partial charge in [-0.05, 0) is 48.9 Å². The number of nitrogens with one attached hydrogen (secondary N) is 1. The Morgan fingerprint density at radius 2 is 2.06 bits per heavy atom. The molecule has 34 heavy (non-hydrogen) atoms. The molecule has 12 heteroatoms. The molecule has 1 aromatic heterocycles. The van der Waals surface area contributed by atoms with Gasteiger partial charge in [0.1, 0.15) is 5.69 Å². The van der Waals surface area contributed by atoms with Crippen molar-refractivity contribution in [2.24, 2.45) is 5.41 Å². The summed E-state index contributed by atoms with van der Waals surface area (Å²) in [6, 6.07) is 4.27. The number of alkyl halides is 3. The lowest BCUT2D eigenvalue weighted by Crippen LogP contribution is -2.44. The molecule has 2 aromatic rings. The molecule has 1 aliphatic carbocycles. The predicted octanol–water partition coefficient (Wildman–Crippen LogP) is 5.22. The summed E-state index contributed by atoms with van der Waals surface area (Å²) < 4.78 is 60.5. The maximum absolute atomic E-state index is 14.1. The van der Waals surface area contributed by atoms with Crippen molar-refractivity contribution < 1.29 is 36.6 Å². The van der Waals surface area contributed by atoms with Crippen LogP contribution in [-0.2, 0) is 16.1 Å². The summed E-state index contributed by atoms with van der Waals surface area (Å²) in [5.74, 6) is -2.84. The van der Waals surface area contributed by atoms with Crippen LogP contribution in [0.2, 0.25) is 5.02 Å². The molecule has 0 radical (unpaired) electrons. The molecule has 7 nitrogen and oxygen atoms in total. The van der Waals surface area contributed by atoms with E-state index in [2.05, 4.69) is 15.0 Å². The largest absolute Gasteiger partial charge is 0.573 e. The standard InChI is InChI=1S/C22H20ClF4N3O4/c1-11-20(32)30(10-12-3-4-16(14(24)7-12)34-22(25,26)27)15-8-13(23)18(29-19(15)33-11)28-17(31)9-21(2)5-6-21/h3-4,7-8,11H,5-6,9-10H2,1-2H3,(H,28,29,31)/t11-/m1/s1. The van der Waals surface area contributed by atoms with E-state index in [1.54, 1.807) is 0 Å². The van der Waals surface area contributed by atoms with E-state index in [1.807, 2.05) is 6.92 Å². The molecule has 0 spiro atoms. The summed E-state index contributed by atoms with van der Waals surface area (Å²) in [4.78, 5) is 30.6. The highest BCUT2D eigenvalue weighted by Crippen LogP contribution is 2.48. The Morgan fingerprint density at radius 3 is 2.68 bits per heavy atom. The third-order valence-corrected chi connectivity index (χ3v) is 5.91. The van der Waals surface area contributed by atoms with E-state index in [-0.39, 0.29) is 45.8 Å². The number of hydrogen-bond donors (Lipinski definition) is 1. The number of anilines is 2. The van der Waals surface area contributed by atoms with Crippen LogP contribution < -0.4 is 19.7 Å². The summed E-state index contributed by atoms with van der Waals surface area (Å²) in [6.45, 7) is 3.31. The van der Waals surface area contributed by atoms with Crippen molar-refractivity contribution in [3.8, 4) is 11.6 Å². The van der Waals surface area contributed by atoms with Gasteiger partial charge in [-0.1, -0.05) is 24.6 Å². The molecular formula is C22H20ClF4N3O4. The smallest absolute Gasteiger partial charge is 0.463 e. The molecule has 0 unspecified atom stereocenters. The average Bonchev–Trinajstić information content (AvgIpc) is 3.44. The molecule has 1 saturated carbocycles. The second kappa shape index (κ2) is 8.61. The molecule has 2 aliphatic rings. The fraction of sp³-hybridized carbons (Fsp3) is 0.409. The minimum atomic E-state index is -5.04. The van der Waals surface area contributed by atoms with Crippen molar-refractivity contribution in [3.05, 3.63) is 40.7 Å². The topological polar surface area (TPSA) is 80.8 Å². The highest BCUT2D eigenvalue weighted by atomic mass is 35.5. The minimum absolute atomic E-state index is 0.0189. The highest BCUT2D eigenvalue weighted by molar-refractivity contribution is 6.33. The third-order valence-electron chi connectivity index (χ3n) is 5.63. The van der Waals surface area contributed by atoms with Crippen molar-refractivity contribution in [2.75, 3.05) is 10.2 Å². The van der Waals surface area contributed by atoms with Crippen LogP contribution in [0.5, 0.6) is 11.6 Å². The lowest BCUT2D eigenvalue weighted by Gasteiger charge is -2.32. The van der Waals surface area contributed by atoms with Gasteiger partial charge in [-0.25, -0.2) is 4.39 Å². The van der Waals surface area contributed by atoms with Crippen molar-refractivity contribution in [1.82, 2.24) is 4.98 Å². The summed E-state index contributed by atoms with van der Waals surface area (Å²) in [5.41, 5.74) is 0.359. The molecule has 1 N–H and O–H groups in total. The summed E-state index contributed by atoms with van der Waals surface area (Å²) in [5, 5.41) is 2.72. The molecule has 2 heterocycles. The van der Waals surface area contributed by atoms with Crippen molar-refractivity contribution in [3.63, 3.8) is 0 Å². The number of benzene rings is 1. The molecule has 0 saturated heterocycles. The van der Waals surface area contributed by atoms with E-state index < -0.39 is 29.9 Å². The van der Waals surface area contributed by atoms with E-state index in [1.165, 1.54) is 24.0 Å². The van der Waals surface area contributed by atoms with Gasteiger partial charge in [-0.15, -0.1) is 13.2 Å². The first kappa shape index (κ1) is 24.1. The molecule has 0 bridgehead atoms. The number of ether oxygens (including phenoxy) is 2. The molecule has 1 aliphatic heterocycles. The maximum atomic E-state index is 14.1. The number of carbonyl (C=O) groups is 2. The van der Waals surface area contributed by atoms with Crippen LogP contribution >= 0.6 is 11.6 Å². The number of fused-ring (bicyclic) bond motifs is 1. The number of nitrogens with zero attached hydrogens (tertiary/aromatic N) is 2. The van der Waals surface area contributed by atoms with E-state index in [9.17, 15) is 27.2 Å². The zero-order chi connectivity index (χ0) is 24.8. The number of hydrogen-bond acceptors (Lipinski definition) is 5. The number of pyridine rings is 1. The van der Waals surface area contributed by atoms with Crippen LogP contribution in [0.25, 0.3) is 0 Å². The number of carbonyl (C=O) groups excluding carboxylic acids is 2. The van der Waals surface area contributed by atoms with Gasteiger partial charge in [0, 0.05) is 6.42 Å². The van der Waals surface area contributed by atoms with E-state index in [0.29, 0.717) is 6.42 Å². The van der Waals surface area contributed by atoms with E-state index in [0.717, 1.165) is 25.0 Å². The highest BCUT2D eigenvalue weighted by Gasteiger charge is 2.39. The quantitative estimate of drug-likeness (QED) is 0.549. The first-order valence-electron chi connectivity index (χ1n) is 10.4. The van der Waals surface area contributed by atoms with Crippen LogP contribution in [0.3, 0.4) is 0 Å². The Labute approximate surface area is 197 Å². The lowest BCUT2D eigenvalue weighted by molar-refractivity contribution is -0.275. The van der Waals surface area contributed by atoms with Gasteiger partial charge < -0.3 is 14.8 Å². The molecule has 2 amide bonds. The van der Waals surface area contributed by atoms with Crippen LogP contribution in [-0.4, -0.2) is 29.3 Å². The Hall–Kier alpha value is -3.08. The lowest BCUT2D eigenvalue weighted by atomic mass is 10.1. The van der Waals surface area contributed by atoms with E-state index in [4.69, 9.17) is 16.3 Å². The van der Waals surface area contributed by atoms with Crippen molar-refractivity contribution >= 4 is 34.9 Å². The monoisotopic (exact) mass is 501 g/mol. The second-order valence-electron chi connectivity index (χ2n) is 8.68. The van der Waals surface area contributed by atoms with Crippen LogP contribution in [0.1, 0.15) is 38.7 Å². The number of rotatable bonds is 6. The van der Waals surface area contributed by atoms with Crippen LogP contribution in [0.4, 0.5) is 29.1 Å². The predicted molar refractivity (Wildman–Crippen MR) is 114 cm³/mol. The van der Waals surface area contributed by atoms with Gasteiger partial charge in [-0.2, -0.15) is 4.98 Å². The first-order valence-corrected chi connectivity index (χ1v) is 10.7. The number of aromatic nitrogens is 1. The Balaban J connectivity index is 1.57. The molecule has 1 fully saturated rings. The SMILES string of the molecule is C[C@H]1Oc2nc(NC(=O)CC3(C)CC3)c(Cl)cc2N(Cc2ccc(OC(F)(F)F)c(F)c2)C1=O. The van der Waals surface area contributed by atoms with Crippen LogP contribution in [0.15, 0.2) is 24.3 Å². The fourth-order valence-corrected chi connectivity index (χ4v) is 3.73.